The Labute approximate surface area is 125 Å². The molecule has 0 atom stereocenters. The molecule has 1 amide bonds. The predicted octanol–water partition coefficient (Wildman–Crippen LogP) is -1.07. The molecule has 0 spiro atoms. The van der Waals surface area contributed by atoms with E-state index in [2.05, 4.69) is 15.0 Å². The summed E-state index contributed by atoms with van der Waals surface area (Å²) in [6.07, 6.45) is 3.30. The van der Waals surface area contributed by atoms with Crippen molar-refractivity contribution in [2.75, 3.05) is 12.8 Å². The molecule has 0 saturated heterocycles. The van der Waals surface area contributed by atoms with Crippen molar-refractivity contribution in [3.8, 4) is 0 Å². The second kappa shape index (κ2) is 5.06. The first-order chi connectivity index (χ1) is 10.5. The highest BCUT2D eigenvalue weighted by Crippen LogP contribution is 2.22. The van der Waals surface area contributed by atoms with Crippen LogP contribution in [-0.4, -0.2) is 33.5 Å². The molecule has 0 aliphatic carbocycles. The number of aromatic nitrogens is 3. The standard InChI is InChI=1S/C14H13N5O3/c1-19-4-3-7(11(19)13(21)22-2)8-5-10(20)17-12-9(8)6-16-14(15)18-12/h3-4,6H,5H2,1-2H3,(H2,15,17,18,20). The highest BCUT2D eigenvalue weighted by molar-refractivity contribution is 5.98. The van der Waals surface area contributed by atoms with Crippen LogP contribution in [0.2, 0.25) is 0 Å². The highest BCUT2D eigenvalue weighted by atomic mass is 16.5. The van der Waals surface area contributed by atoms with Crippen LogP contribution >= 0.6 is 0 Å². The van der Waals surface area contributed by atoms with Crippen LogP contribution in [-0.2, 0) is 16.6 Å². The van der Waals surface area contributed by atoms with Gasteiger partial charge in [0.05, 0.1) is 13.5 Å². The highest BCUT2D eigenvalue weighted by Gasteiger charge is 2.23. The van der Waals surface area contributed by atoms with E-state index in [-0.39, 0.29) is 23.8 Å². The normalized spacial score (nSPS) is 13.5. The Balaban J connectivity index is 2.35. The van der Waals surface area contributed by atoms with Crippen LogP contribution in [0.4, 0.5) is 5.95 Å². The molecule has 0 unspecified atom stereocenters. The van der Waals surface area contributed by atoms with Crippen molar-refractivity contribution in [3.63, 3.8) is 0 Å². The van der Waals surface area contributed by atoms with E-state index in [4.69, 9.17) is 10.5 Å². The fraction of sp³-hybridized carbons (Fsp3) is 0.214. The molecule has 22 heavy (non-hydrogen) atoms. The molecule has 112 valence electrons. The van der Waals surface area contributed by atoms with E-state index in [0.29, 0.717) is 22.0 Å². The number of hydrogen-bond acceptors (Lipinski definition) is 6. The fourth-order valence-corrected chi connectivity index (χ4v) is 2.45. The zero-order valence-corrected chi connectivity index (χ0v) is 12.0. The number of carbonyl (C=O) groups is 2. The molecular weight excluding hydrogens is 286 g/mol. The molecule has 0 aromatic carbocycles. The molecule has 1 aliphatic heterocycles. The van der Waals surface area contributed by atoms with Crippen LogP contribution in [0.5, 0.6) is 0 Å². The molecular formula is C14H13N5O3. The average molecular weight is 299 g/mol. The van der Waals surface area contributed by atoms with E-state index in [1.807, 2.05) is 0 Å². The smallest absolute Gasteiger partial charge is 0.355 e. The SMILES string of the molecule is COC(=O)c1c(C2=c3cnc(N)nc3=NC(=O)C2)ccn1C. The van der Waals surface area contributed by atoms with Crippen molar-refractivity contribution >= 4 is 23.4 Å². The monoisotopic (exact) mass is 299 g/mol. The minimum absolute atomic E-state index is 0.0396. The number of carbonyl (C=O) groups excluding carboxylic acids is 2. The van der Waals surface area contributed by atoms with Crippen LogP contribution in [0.1, 0.15) is 22.5 Å². The van der Waals surface area contributed by atoms with Gasteiger partial charge in [-0.05, 0) is 11.6 Å². The lowest BCUT2D eigenvalue weighted by Crippen LogP contribution is -2.37. The lowest BCUT2D eigenvalue weighted by molar-refractivity contribution is -0.117. The maximum Gasteiger partial charge on any atom is 0.355 e. The van der Waals surface area contributed by atoms with Crippen molar-refractivity contribution in [2.24, 2.45) is 12.0 Å². The summed E-state index contributed by atoms with van der Waals surface area (Å²) >= 11 is 0. The van der Waals surface area contributed by atoms with E-state index in [1.165, 1.54) is 13.3 Å². The Morgan fingerprint density at radius 1 is 1.45 bits per heavy atom. The molecule has 8 nitrogen and oxygen atoms in total. The largest absolute Gasteiger partial charge is 0.464 e. The van der Waals surface area contributed by atoms with Crippen molar-refractivity contribution in [1.82, 2.24) is 14.5 Å². The maximum absolute atomic E-state index is 12.0. The van der Waals surface area contributed by atoms with Gasteiger partial charge in [0.25, 0.3) is 5.91 Å². The molecule has 0 saturated carbocycles. The van der Waals surface area contributed by atoms with Gasteiger partial charge in [0.1, 0.15) is 5.69 Å². The van der Waals surface area contributed by atoms with Crippen LogP contribution in [0.3, 0.4) is 0 Å². The quantitative estimate of drug-likeness (QED) is 0.707. The lowest BCUT2D eigenvalue weighted by atomic mass is 9.99. The molecule has 1 aliphatic rings. The number of fused-ring (bicyclic) bond motifs is 1. The third-order valence-corrected chi connectivity index (χ3v) is 3.45. The second-order valence-electron chi connectivity index (χ2n) is 4.81. The van der Waals surface area contributed by atoms with Crippen molar-refractivity contribution in [2.45, 2.75) is 6.42 Å². The van der Waals surface area contributed by atoms with Crippen LogP contribution in [0, 0.1) is 0 Å². The van der Waals surface area contributed by atoms with Crippen LogP contribution in [0.25, 0.3) is 5.57 Å². The minimum Gasteiger partial charge on any atom is -0.464 e. The molecule has 2 aromatic rings. The van der Waals surface area contributed by atoms with Gasteiger partial charge in [-0.15, -0.1) is 0 Å². The summed E-state index contributed by atoms with van der Waals surface area (Å²) in [4.78, 5) is 35.7. The number of amides is 1. The number of ether oxygens (including phenoxy) is 1. The average Bonchev–Trinajstić information content (AvgIpc) is 2.86. The van der Waals surface area contributed by atoms with Crippen molar-refractivity contribution in [1.29, 1.82) is 0 Å². The van der Waals surface area contributed by atoms with Gasteiger partial charge in [-0.1, -0.05) is 0 Å². The number of aryl methyl sites for hydroxylation is 1. The minimum atomic E-state index is -0.483. The number of rotatable bonds is 2. The molecule has 0 fully saturated rings. The Morgan fingerprint density at radius 2 is 2.23 bits per heavy atom. The number of nitrogens with two attached hydrogens (primary N) is 1. The Hall–Kier alpha value is -3.03. The first-order valence-electron chi connectivity index (χ1n) is 6.48. The summed E-state index contributed by atoms with van der Waals surface area (Å²) in [5.74, 6) is -0.791. The Bertz CT molecular complexity index is 913. The number of esters is 1. The molecule has 2 N–H and O–H groups in total. The van der Waals surface area contributed by atoms with Gasteiger partial charge in [-0.25, -0.2) is 9.78 Å². The van der Waals surface area contributed by atoms with Gasteiger partial charge in [0, 0.05) is 30.2 Å². The number of nitrogen functional groups attached to an aromatic ring is 1. The van der Waals surface area contributed by atoms with E-state index < -0.39 is 5.97 Å². The van der Waals surface area contributed by atoms with E-state index >= 15 is 0 Å². The summed E-state index contributed by atoms with van der Waals surface area (Å²) in [6, 6.07) is 1.75. The van der Waals surface area contributed by atoms with Crippen molar-refractivity contribution in [3.05, 3.63) is 40.4 Å². The molecule has 3 heterocycles. The number of nitrogens with zero attached hydrogens (tertiary/aromatic N) is 4. The number of methoxy groups -OCH3 is 1. The van der Waals surface area contributed by atoms with Gasteiger partial charge >= 0.3 is 5.97 Å². The molecule has 0 bridgehead atoms. The number of anilines is 1. The molecule has 2 aromatic heterocycles. The predicted molar refractivity (Wildman–Crippen MR) is 76.1 cm³/mol. The summed E-state index contributed by atoms with van der Waals surface area (Å²) in [5.41, 5.74) is 7.35. The van der Waals surface area contributed by atoms with Gasteiger partial charge in [0.15, 0.2) is 5.49 Å². The first-order valence-corrected chi connectivity index (χ1v) is 6.48. The fourth-order valence-electron chi connectivity index (χ4n) is 2.45. The molecule has 0 radical (unpaired) electrons. The van der Waals surface area contributed by atoms with E-state index in [1.54, 1.807) is 23.9 Å². The van der Waals surface area contributed by atoms with Gasteiger partial charge in [-0.3, -0.25) is 4.79 Å². The molecule has 3 rings (SSSR count). The van der Waals surface area contributed by atoms with Crippen LogP contribution in [0.15, 0.2) is 23.5 Å². The zero-order valence-electron chi connectivity index (χ0n) is 12.0. The summed E-state index contributed by atoms with van der Waals surface area (Å²) in [6.45, 7) is 0. The van der Waals surface area contributed by atoms with Crippen molar-refractivity contribution < 1.29 is 14.3 Å². The zero-order chi connectivity index (χ0) is 15.9. The van der Waals surface area contributed by atoms with Crippen LogP contribution < -0.4 is 16.4 Å². The molecule has 8 heteroatoms. The Kier molecular flexibility index (Phi) is 3.21. The van der Waals surface area contributed by atoms with Gasteiger partial charge < -0.3 is 15.0 Å². The lowest BCUT2D eigenvalue weighted by Gasteiger charge is -2.11. The topological polar surface area (TPSA) is 112 Å². The first kappa shape index (κ1) is 13.9. The third kappa shape index (κ3) is 2.14. The van der Waals surface area contributed by atoms with E-state index in [9.17, 15) is 9.59 Å². The summed E-state index contributed by atoms with van der Waals surface area (Å²) in [5, 5.41) is 0.588. The summed E-state index contributed by atoms with van der Waals surface area (Å²) in [7, 11) is 3.04. The van der Waals surface area contributed by atoms with Gasteiger partial charge in [0.2, 0.25) is 5.95 Å². The maximum atomic E-state index is 12.0. The van der Waals surface area contributed by atoms with Gasteiger partial charge in [-0.2, -0.15) is 9.98 Å². The third-order valence-electron chi connectivity index (χ3n) is 3.45. The Morgan fingerprint density at radius 3 is 2.95 bits per heavy atom. The summed E-state index contributed by atoms with van der Waals surface area (Å²) < 4.78 is 6.45. The number of hydrogen-bond donors (Lipinski definition) is 1. The second-order valence-corrected chi connectivity index (χ2v) is 4.81. The van der Waals surface area contributed by atoms with E-state index in [0.717, 1.165) is 0 Å².